The lowest BCUT2D eigenvalue weighted by Crippen LogP contribution is -2.41. The van der Waals surface area contributed by atoms with Crippen molar-refractivity contribution < 1.29 is 24.0 Å². The van der Waals surface area contributed by atoms with Gasteiger partial charge in [0.25, 0.3) is 11.2 Å². The van der Waals surface area contributed by atoms with E-state index in [1.54, 1.807) is 54.6 Å². The molecule has 1 atom stereocenters. The highest BCUT2D eigenvalue weighted by Crippen LogP contribution is 2.45. The summed E-state index contributed by atoms with van der Waals surface area (Å²) in [7, 11) is 2.18. The van der Waals surface area contributed by atoms with Gasteiger partial charge in [0.05, 0.1) is 58.9 Å². The molecule has 1 aromatic heterocycles. The number of nitrogens with one attached hydrogen (secondary N) is 1. The van der Waals surface area contributed by atoms with Crippen molar-refractivity contribution in [1.29, 1.82) is 5.26 Å². The number of nitro benzene ring substituents is 1. The SMILES string of the molecule is COC(=O)C1=C(C(=O)OC)N(c2cc([N+](=O)[O-])ccc2-c2nc3ccccc3c(=O)[nH]2)C(N)=C(C#N)C1c1ccccc1. The van der Waals surface area contributed by atoms with Crippen LogP contribution in [0.2, 0.25) is 0 Å². The number of hydrogen-bond donors (Lipinski definition) is 2. The average Bonchev–Trinajstić information content (AvgIpc) is 3.03. The summed E-state index contributed by atoms with van der Waals surface area (Å²) < 4.78 is 10.1. The van der Waals surface area contributed by atoms with Crippen molar-refractivity contribution in [2.75, 3.05) is 19.1 Å². The Hall–Kier alpha value is -6.29. The van der Waals surface area contributed by atoms with Gasteiger partial charge in [-0.1, -0.05) is 42.5 Å². The summed E-state index contributed by atoms with van der Waals surface area (Å²) >= 11 is 0. The van der Waals surface area contributed by atoms with Gasteiger partial charge in [-0.15, -0.1) is 0 Å². The van der Waals surface area contributed by atoms with Crippen LogP contribution in [0.5, 0.6) is 0 Å². The Labute approximate surface area is 243 Å². The highest BCUT2D eigenvalue weighted by atomic mass is 16.6. The molecule has 1 unspecified atom stereocenters. The third-order valence-corrected chi connectivity index (χ3v) is 6.91. The largest absolute Gasteiger partial charge is 0.466 e. The molecular weight excluding hydrogens is 556 g/mol. The summed E-state index contributed by atoms with van der Waals surface area (Å²) in [5, 5.41) is 22.5. The third kappa shape index (κ3) is 4.82. The van der Waals surface area contributed by atoms with Gasteiger partial charge in [-0.2, -0.15) is 5.26 Å². The maximum atomic E-state index is 13.5. The maximum absolute atomic E-state index is 13.5. The van der Waals surface area contributed by atoms with Crippen molar-refractivity contribution in [1.82, 2.24) is 9.97 Å². The Bertz CT molecular complexity index is 1970. The summed E-state index contributed by atoms with van der Waals surface area (Å²) in [5.74, 6) is -3.49. The number of carbonyl (C=O) groups is 2. The quantitative estimate of drug-likeness (QED) is 0.193. The molecule has 13 heteroatoms. The first-order valence-electron chi connectivity index (χ1n) is 12.6. The summed E-state index contributed by atoms with van der Waals surface area (Å²) in [6.07, 6.45) is 0. The van der Waals surface area contributed by atoms with Gasteiger partial charge in [-0.25, -0.2) is 14.6 Å². The van der Waals surface area contributed by atoms with E-state index in [4.69, 9.17) is 15.2 Å². The molecule has 0 spiro atoms. The van der Waals surface area contributed by atoms with E-state index < -0.39 is 39.7 Å². The Kier molecular flexibility index (Phi) is 7.42. The molecule has 214 valence electrons. The fourth-order valence-corrected chi connectivity index (χ4v) is 5.00. The lowest BCUT2D eigenvalue weighted by Gasteiger charge is -2.36. The number of para-hydroxylation sites is 1. The first-order chi connectivity index (χ1) is 20.7. The number of esters is 2. The van der Waals surface area contributed by atoms with E-state index in [2.05, 4.69) is 9.97 Å². The number of nitro groups is 1. The van der Waals surface area contributed by atoms with Crippen LogP contribution in [0.4, 0.5) is 11.4 Å². The van der Waals surface area contributed by atoms with Gasteiger partial charge in [0.15, 0.2) is 0 Å². The van der Waals surface area contributed by atoms with Gasteiger partial charge in [-0.05, 0) is 23.8 Å². The van der Waals surface area contributed by atoms with Gasteiger partial charge in [0.2, 0.25) is 0 Å². The number of methoxy groups -OCH3 is 2. The predicted molar refractivity (Wildman–Crippen MR) is 154 cm³/mol. The predicted octanol–water partition coefficient (Wildman–Crippen LogP) is 3.40. The van der Waals surface area contributed by atoms with E-state index in [1.807, 2.05) is 6.07 Å². The minimum Gasteiger partial charge on any atom is -0.466 e. The van der Waals surface area contributed by atoms with Crippen molar-refractivity contribution in [3.05, 3.63) is 121 Å². The van der Waals surface area contributed by atoms with Crippen molar-refractivity contribution in [3.63, 3.8) is 0 Å². The number of allylic oxidation sites excluding steroid dienone is 1. The average molecular weight is 579 g/mol. The molecule has 1 aliphatic heterocycles. The van der Waals surface area contributed by atoms with Gasteiger partial charge >= 0.3 is 11.9 Å². The minimum atomic E-state index is -1.15. The van der Waals surface area contributed by atoms with Gasteiger partial charge in [0.1, 0.15) is 17.3 Å². The zero-order chi connectivity index (χ0) is 30.8. The molecule has 0 aliphatic carbocycles. The number of non-ortho nitro benzene ring substituents is 1. The zero-order valence-corrected chi connectivity index (χ0v) is 22.7. The summed E-state index contributed by atoms with van der Waals surface area (Å²) in [6.45, 7) is 0. The molecule has 0 saturated heterocycles. The van der Waals surface area contributed by atoms with E-state index in [1.165, 1.54) is 12.1 Å². The summed E-state index contributed by atoms with van der Waals surface area (Å²) in [5.41, 5.74) is 5.56. The number of nitrogens with two attached hydrogens (primary N) is 1. The Morgan fingerprint density at radius 1 is 1.05 bits per heavy atom. The van der Waals surface area contributed by atoms with Crippen molar-refractivity contribution in [2.24, 2.45) is 5.73 Å². The maximum Gasteiger partial charge on any atom is 0.355 e. The minimum absolute atomic E-state index is 0.0195. The molecule has 0 saturated carbocycles. The topological polar surface area (TPSA) is 195 Å². The van der Waals surface area contributed by atoms with Crippen LogP contribution in [0.25, 0.3) is 22.3 Å². The number of benzene rings is 3. The van der Waals surface area contributed by atoms with Crippen LogP contribution >= 0.6 is 0 Å². The molecule has 3 N–H and O–H groups in total. The molecule has 1 aliphatic rings. The number of hydrogen-bond acceptors (Lipinski definition) is 11. The Morgan fingerprint density at radius 2 is 1.72 bits per heavy atom. The highest BCUT2D eigenvalue weighted by molar-refractivity contribution is 6.07. The third-order valence-electron chi connectivity index (χ3n) is 6.91. The van der Waals surface area contributed by atoms with E-state index in [9.17, 15) is 29.8 Å². The fourth-order valence-electron chi connectivity index (χ4n) is 5.00. The first kappa shape index (κ1) is 28.2. The van der Waals surface area contributed by atoms with Crippen molar-refractivity contribution in [3.8, 4) is 17.5 Å². The highest BCUT2D eigenvalue weighted by Gasteiger charge is 2.44. The Morgan fingerprint density at radius 3 is 2.37 bits per heavy atom. The molecule has 13 nitrogen and oxygen atoms in total. The molecule has 5 rings (SSSR count). The zero-order valence-electron chi connectivity index (χ0n) is 22.7. The molecule has 0 amide bonds. The van der Waals surface area contributed by atoms with E-state index in [0.29, 0.717) is 16.5 Å². The normalized spacial score (nSPS) is 14.8. The number of aromatic nitrogens is 2. The molecule has 43 heavy (non-hydrogen) atoms. The van der Waals surface area contributed by atoms with E-state index in [0.717, 1.165) is 25.2 Å². The number of nitriles is 1. The summed E-state index contributed by atoms with van der Waals surface area (Å²) in [6, 6.07) is 20.5. The number of anilines is 1. The Balaban J connectivity index is 1.91. The number of nitrogens with zero attached hydrogens (tertiary/aromatic N) is 4. The second-order valence-electron chi connectivity index (χ2n) is 9.23. The number of carbonyl (C=O) groups excluding carboxylic acids is 2. The molecule has 3 aromatic carbocycles. The van der Waals surface area contributed by atoms with Crippen molar-refractivity contribution in [2.45, 2.75) is 5.92 Å². The lowest BCUT2D eigenvalue weighted by atomic mass is 9.80. The van der Waals surface area contributed by atoms with E-state index >= 15 is 0 Å². The number of ether oxygens (including phenoxy) is 2. The number of rotatable bonds is 6. The van der Waals surface area contributed by atoms with Gasteiger partial charge < -0.3 is 20.2 Å². The van der Waals surface area contributed by atoms with Crippen LogP contribution in [0.15, 0.2) is 100 Å². The van der Waals surface area contributed by atoms with Crippen molar-refractivity contribution >= 4 is 34.2 Å². The molecule has 0 bridgehead atoms. The number of H-pyrrole nitrogens is 1. The lowest BCUT2D eigenvalue weighted by molar-refractivity contribution is -0.384. The van der Waals surface area contributed by atoms with Crippen LogP contribution in [0.3, 0.4) is 0 Å². The summed E-state index contributed by atoms with van der Waals surface area (Å²) in [4.78, 5) is 59.3. The fraction of sp³-hybridized carbons (Fsp3) is 0.100. The van der Waals surface area contributed by atoms with Crippen LogP contribution in [-0.4, -0.2) is 41.0 Å². The molecule has 0 radical (unpaired) electrons. The standard InChI is InChI=1S/C30H22N6O7/c1-42-29(38)24-23(16-8-4-3-5-9-16)20(15-31)26(32)35(25(24)30(39)43-2)22-14-17(36(40)41)12-13-19(22)27-33-21-11-7-6-10-18(21)28(37)34-27/h3-14,23H,32H2,1-2H3,(H,33,34,37). The van der Waals surface area contributed by atoms with Gasteiger partial charge in [-0.3, -0.25) is 19.8 Å². The van der Waals surface area contributed by atoms with Crippen LogP contribution in [0.1, 0.15) is 11.5 Å². The van der Waals surface area contributed by atoms with E-state index in [-0.39, 0.29) is 34.0 Å². The monoisotopic (exact) mass is 578 g/mol. The molecule has 4 aromatic rings. The molecule has 0 fully saturated rings. The van der Waals surface area contributed by atoms with Crippen LogP contribution < -0.4 is 16.2 Å². The smallest absolute Gasteiger partial charge is 0.355 e. The second kappa shape index (κ2) is 11.3. The first-order valence-corrected chi connectivity index (χ1v) is 12.6. The van der Waals surface area contributed by atoms with Gasteiger partial charge in [0, 0.05) is 17.7 Å². The van der Waals surface area contributed by atoms with Crippen LogP contribution in [-0.2, 0) is 19.1 Å². The molecular formula is C30H22N6O7. The molecule has 2 heterocycles. The second-order valence-corrected chi connectivity index (χ2v) is 9.23. The number of aromatic amines is 1. The van der Waals surface area contributed by atoms with Crippen LogP contribution in [0, 0.1) is 21.4 Å². The number of fused-ring (bicyclic) bond motifs is 1.